The van der Waals surface area contributed by atoms with E-state index < -0.39 is 10.0 Å². The average Bonchev–Trinajstić information content (AvgIpc) is 3.57. The molecule has 1 aliphatic carbocycles. The normalized spacial score (nSPS) is 18.8. The minimum absolute atomic E-state index is 0.0187. The first-order valence-electron chi connectivity index (χ1n) is 10.7. The summed E-state index contributed by atoms with van der Waals surface area (Å²) >= 11 is 6.28. The Morgan fingerprint density at radius 1 is 1.09 bits per heavy atom. The third-order valence-corrected chi connectivity index (χ3v) is 7.46. The van der Waals surface area contributed by atoms with Crippen LogP contribution in [-0.4, -0.2) is 44.3 Å². The molecule has 1 saturated carbocycles. The summed E-state index contributed by atoms with van der Waals surface area (Å²) in [5, 5.41) is 3.17. The molecule has 2 amide bonds. The molecule has 0 spiro atoms. The van der Waals surface area contributed by atoms with Crippen molar-refractivity contribution in [3.05, 3.63) is 58.6 Å². The lowest BCUT2D eigenvalue weighted by atomic mass is 9.96. The van der Waals surface area contributed by atoms with E-state index in [0.29, 0.717) is 25.2 Å². The summed E-state index contributed by atoms with van der Waals surface area (Å²) in [6.07, 6.45) is 3.45. The fraction of sp³-hybridized carbons (Fsp3) is 0.391. The summed E-state index contributed by atoms with van der Waals surface area (Å²) in [5.41, 5.74) is 1.47. The molecule has 1 saturated heterocycles. The van der Waals surface area contributed by atoms with Crippen LogP contribution in [-0.2, 0) is 14.8 Å². The molecule has 1 atom stereocenters. The number of halogens is 1. The second-order valence-corrected chi connectivity index (χ2v) is 10.6. The Morgan fingerprint density at radius 2 is 1.88 bits per heavy atom. The molecular formula is C23H26ClN3O4S. The van der Waals surface area contributed by atoms with Gasteiger partial charge in [-0.05, 0) is 68.5 Å². The van der Waals surface area contributed by atoms with Crippen molar-refractivity contribution in [1.82, 2.24) is 10.2 Å². The predicted octanol–water partition coefficient (Wildman–Crippen LogP) is 3.58. The van der Waals surface area contributed by atoms with Crippen LogP contribution in [0.4, 0.5) is 5.69 Å². The van der Waals surface area contributed by atoms with Crippen LogP contribution in [0.1, 0.15) is 41.6 Å². The number of nitrogens with zero attached hydrogens (tertiary/aromatic N) is 1. The highest BCUT2D eigenvalue weighted by Crippen LogP contribution is 2.27. The maximum absolute atomic E-state index is 13.2. The van der Waals surface area contributed by atoms with E-state index >= 15 is 0 Å². The number of rotatable bonds is 6. The molecule has 7 nitrogen and oxygen atoms in total. The van der Waals surface area contributed by atoms with Crippen molar-refractivity contribution in [1.29, 1.82) is 0 Å². The number of aryl methyl sites for hydroxylation is 1. The van der Waals surface area contributed by atoms with Crippen LogP contribution < -0.4 is 10.0 Å². The number of benzene rings is 2. The summed E-state index contributed by atoms with van der Waals surface area (Å²) in [6, 6.07) is 11.4. The van der Waals surface area contributed by atoms with Crippen LogP contribution in [0.15, 0.2) is 47.4 Å². The number of carbonyl (C=O) groups is 2. The molecule has 2 aromatic rings. The zero-order valence-corrected chi connectivity index (χ0v) is 19.4. The Labute approximate surface area is 193 Å². The van der Waals surface area contributed by atoms with Crippen molar-refractivity contribution in [3.8, 4) is 0 Å². The first-order valence-corrected chi connectivity index (χ1v) is 12.6. The van der Waals surface area contributed by atoms with Gasteiger partial charge < -0.3 is 10.2 Å². The summed E-state index contributed by atoms with van der Waals surface area (Å²) in [7, 11) is -3.91. The molecule has 1 heterocycles. The van der Waals surface area contributed by atoms with Crippen molar-refractivity contribution < 1.29 is 18.0 Å². The molecule has 1 unspecified atom stereocenters. The largest absolute Gasteiger partial charge is 0.353 e. The zero-order chi connectivity index (χ0) is 22.9. The monoisotopic (exact) mass is 475 g/mol. The third kappa shape index (κ3) is 5.24. The minimum atomic E-state index is -3.91. The van der Waals surface area contributed by atoms with Crippen LogP contribution >= 0.6 is 11.6 Å². The average molecular weight is 476 g/mol. The number of nitrogens with one attached hydrogen (secondary N) is 2. The van der Waals surface area contributed by atoms with Crippen molar-refractivity contribution in [3.63, 3.8) is 0 Å². The predicted molar refractivity (Wildman–Crippen MR) is 123 cm³/mol. The van der Waals surface area contributed by atoms with E-state index in [9.17, 15) is 18.0 Å². The molecule has 0 radical (unpaired) electrons. The molecular weight excluding hydrogens is 450 g/mol. The first-order chi connectivity index (χ1) is 15.2. The standard InChI is InChI=1S/C23H26ClN3O4S/c1-15-4-2-6-18(12-15)26-32(30,31)19-9-10-21(24)20(13-19)23(29)27-11-3-5-16(14-27)22(28)25-17-7-8-17/h2,4,6,9-10,12-13,16-17,26H,3,5,7-8,11,14H2,1H3,(H,25,28). The molecule has 2 aliphatic rings. The van der Waals surface area contributed by atoms with E-state index in [1.54, 1.807) is 23.1 Å². The van der Waals surface area contributed by atoms with Crippen LogP contribution in [0.2, 0.25) is 5.02 Å². The van der Waals surface area contributed by atoms with Gasteiger partial charge >= 0.3 is 0 Å². The van der Waals surface area contributed by atoms with E-state index in [4.69, 9.17) is 11.6 Å². The van der Waals surface area contributed by atoms with Gasteiger partial charge in [-0.25, -0.2) is 8.42 Å². The second-order valence-electron chi connectivity index (χ2n) is 8.49. The Bertz CT molecular complexity index is 1150. The lowest BCUT2D eigenvalue weighted by Gasteiger charge is -2.32. The third-order valence-electron chi connectivity index (χ3n) is 5.75. The quantitative estimate of drug-likeness (QED) is 0.667. The van der Waals surface area contributed by atoms with E-state index in [1.165, 1.54) is 18.2 Å². The van der Waals surface area contributed by atoms with E-state index in [0.717, 1.165) is 24.8 Å². The highest BCUT2D eigenvalue weighted by molar-refractivity contribution is 7.92. The molecule has 170 valence electrons. The van der Waals surface area contributed by atoms with E-state index in [2.05, 4.69) is 10.0 Å². The molecule has 9 heteroatoms. The Hall–Kier alpha value is -2.58. The molecule has 2 aromatic carbocycles. The summed E-state index contributed by atoms with van der Waals surface area (Å²) < 4.78 is 28.3. The summed E-state index contributed by atoms with van der Waals surface area (Å²) in [6.45, 7) is 2.67. The van der Waals surface area contributed by atoms with Crippen molar-refractivity contribution >= 4 is 39.1 Å². The summed E-state index contributed by atoms with van der Waals surface area (Å²) in [4.78, 5) is 27.2. The molecule has 2 fully saturated rings. The highest BCUT2D eigenvalue weighted by atomic mass is 35.5. The SMILES string of the molecule is Cc1cccc(NS(=O)(=O)c2ccc(Cl)c(C(=O)N3CCCC(C(=O)NC4CC4)C3)c2)c1. The highest BCUT2D eigenvalue weighted by Gasteiger charge is 2.33. The number of anilines is 1. The molecule has 0 aromatic heterocycles. The van der Waals surface area contributed by atoms with E-state index in [1.807, 2.05) is 13.0 Å². The number of amides is 2. The van der Waals surface area contributed by atoms with Gasteiger partial charge in [0, 0.05) is 24.8 Å². The van der Waals surface area contributed by atoms with Crippen LogP contribution in [0.5, 0.6) is 0 Å². The lowest BCUT2D eigenvalue weighted by molar-refractivity contribution is -0.126. The van der Waals surface area contributed by atoms with E-state index in [-0.39, 0.29) is 39.3 Å². The van der Waals surface area contributed by atoms with Crippen molar-refractivity contribution in [2.75, 3.05) is 17.8 Å². The fourth-order valence-electron chi connectivity index (χ4n) is 3.85. The number of likely N-dealkylation sites (tertiary alicyclic amines) is 1. The lowest BCUT2D eigenvalue weighted by Crippen LogP contribution is -2.46. The van der Waals surface area contributed by atoms with Gasteiger partial charge in [-0.15, -0.1) is 0 Å². The van der Waals surface area contributed by atoms with Gasteiger partial charge in [-0.2, -0.15) is 0 Å². The minimum Gasteiger partial charge on any atom is -0.353 e. The Balaban J connectivity index is 1.52. The topological polar surface area (TPSA) is 95.6 Å². The number of piperidine rings is 1. The number of hydrogen-bond donors (Lipinski definition) is 2. The molecule has 0 bridgehead atoms. The van der Waals surface area contributed by atoms with Gasteiger partial charge in [0.05, 0.1) is 21.4 Å². The number of carbonyl (C=O) groups excluding carboxylic acids is 2. The molecule has 2 N–H and O–H groups in total. The number of hydrogen-bond acceptors (Lipinski definition) is 4. The smallest absolute Gasteiger partial charge is 0.261 e. The zero-order valence-electron chi connectivity index (χ0n) is 17.8. The summed E-state index contributed by atoms with van der Waals surface area (Å²) in [5.74, 6) is -0.650. The van der Waals surface area contributed by atoms with Crippen LogP contribution in [0, 0.1) is 12.8 Å². The first kappa shape index (κ1) is 22.6. The number of sulfonamides is 1. The van der Waals surface area contributed by atoms with Gasteiger partial charge in [0.15, 0.2) is 0 Å². The van der Waals surface area contributed by atoms with Gasteiger partial charge in [-0.3, -0.25) is 14.3 Å². The molecule has 1 aliphatic heterocycles. The fourth-order valence-corrected chi connectivity index (χ4v) is 5.12. The van der Waals surface area contributed by atoms with Crippen molar-refractivity contribution in [2.24, 2.45) is 5.92 Å². The van der Waals surface area contributed by atoms with Crippen molar-refractivity contribution in [2.45, 2.75) is 43.5 Å². The van der Waals surface area contributed by atoms with Gasteiger partial charge in [0.1, 0.15) is 0 Å². The van der Waals surface area contributed by atoms with Crippen LogP contribution in [0.3, 0.4) is 0 Å². The molecule has 32 heavy (non-hydrogen) atoms. The Morgan fingerprint density at radius 3 is 2.59 bits per heavy atom. The Kier molecular flexibility index (Phi) is 6.44. The van der Waals surface area contributed by atoms with Gasteiger partial charge in [0.2, 0.25) is 5.91 Å². The van der Waals surface area contributed by atoms with Gasteiger partial charge in [0.25, 0.3) is 15.9 Å². The van der Waals surface area contributed by atoms with Crippen LogP contribution in [0.25, 0.3) is 0 Å². The molecule has 4 rings (SSSR count). The second kappa shape index (κ2) is 9.11. The van der Waals surface area contributed by atoms with Gasteiger partial charge in [-0.1, -0.05) is 23.7 Å². The maximum Gasteiger partial charge on any atom is 0.261 e. The maximum atomic E-state index is 13.2.